The summed E-state index contributed by atoms with van der Waals surface area (Å²) in [5.41, 5.74) is 0.991. The van der Waals surface area contributed by atoms with Gasteiger partial charge in [0, 0.05) is 6.04 Å². The van der Waals surface area contributed by atoms with Crippen LogP contribution >= 0.6 is 22.9 Å². The van der Waals surface area contributed by atoms with Crippen molar-refractivity contribution in [2.24, 2.45) is 5.92 Å². The lowest BCUT2D eigenvalue weighted by Crippen LogP contribution is -2.30. The summed E-state index contributed by atoms with van der Waals surface area (Å²) in [4.78, 5) is 4.58. The molecular formula is C13H15ClN2S. The minimum Gasteiger partial charge on any atom is -0.359 e. The number of nitrogens with one attached hydrogen (secondary N) is 1. The number of fused-ring (bicyclic) bond motifs is 1. The molecule has 1 aliphatic carbocycles. The van der Waals surface area contributed by atoms with Crippen molar-refractivity contribution in [3.8, 4) is 0 Å². The molecule has 1 heterocycles. The van der Waals surface area contributed by atoms with Crippen LogP contribution < -0.4 is 5.32 Å². The van der Waals surface area contributed by atoms with E-state index in [1.54, 1.807) is 11.3 Å². The van der Waals surface area contributed by atoms with Gasteiger partial charge in [-0.15, -0.1) is 0 Å². The zero-order valence-corrected chi connectivity index (χ0v) is 11.3. The molecule has 90 valence electrons. The molecule has 2 aromatic rings. The molecule has 1 aliphatic rings. The molecule has 0 aliphatic heterocycles. The Morgan fingerprint density at radius 3 is 2.94 bits per heavy atom. The first-order chi connectivity index (χ1) is 8.24. The summed E-state index contributed by atoms with van der Waals surface area (Å²) < 4.78 is 1.08. The van der Waals surface area contributed by atoms with Crippen molar-refractivity contribution < 1.29 is 0 Å². The third-order valence-corrected chi connectivity index (χ3v) is 5.04. The molecule has 1 aromatic heterocycles. The van der Waals surface area contributed by atoms with Gasteiger partial charge < -0.3 is 5.32 Å². The van der Waals surface area contributed by atoms with Crippen LogP contribution in [-0.4, -0.2) is 11.0 Å². The van der Waals surface area contributed by atoms with Crippen LogP contribution in [0.15, 0.2) is 18.2 Å². The number of anilines is 1. The molecule has 0 spiro atoms. The van der Waals surface area contributed by atoms with Crippen molar-refractivity contribution in [1.82, 2.24) is 4.98 Å². The van der Waals surface area contributed by atoms with E-state index in [-0.39, 0.29) is 0 Å². The molecule has 0 bridgehead atoms. The van der Waals surface area contributed by atoms with Gasteiger partial charge in [-0.05, 0) is 37.8 Å². The van der Waals surface area contributed by atoms with Crippen LogP contribution in [0.3, 0.4) is 0 Å². The fraction of sp³-hybridized carbons (Fsp3) is 0.462. The van der Waals surface area contributed by atoms with E-state index in [2.05, 4.69) is 17.2 Å². The number of rotatable bonds is 3. The number of benzene rings is 1. The molecule has 1 saturated carbocycles. The van der Waals surface area contributed by atoms with Crippen LogP contribution in [-0.2, 0) is 0 Å². The van der Waals surface area contributed by atoms with Gasteiger partial charge in [-0.1, -0.05) is 35.4 Å². The van der Waals surface area contributed by atoms with Crippen molar-refractivity contribution in [1.29, 1.82) is 0 Å². The Bertz CT molecular complexity index is 533. The maximum absolute atomic E-state index is 6.15. The highest BCUT2D eigenvalue weighted by Gasteiger charge is 2.24. The second kappa shape index (κ2) is 4.46. The largest absolute Gasteiger partial charge is 0.359 e. The summed E-state index contributed by atoms with van der Waals surface area (Å²) in [6.45, 7) is 2.25. The van der Waals surface area contributed by atoms with Gasteiger partial charge in [-0.3, -0.25) is 0 Å². The van der Waals surface area contributed by atoms with E-state index < -0.39 is 0 Å². The summed E-state index contributed by atoms with van der Waals surface area (Å²) in [5.74, 6) is 0.817. The van der Waals surface area contributed by atoms with E-state index in [1.807, 2.05) is 18.2 Å². The average molecular weight is 267 g/mol. The van der Waals surface area contributed by atoms with Crippen molar-refractivity contribution in [3.63, 3.8) is 0 Å². The van der Waals surface area contributed by atoms with Crippen LogP contribution in [0, 0.1) is 5.92 Å². The second-order valence-electron chi connectivity index (χ2n) is 4.73. The summed E-state index contributed by atoms with van der Waals surface area (Å²) in [5, 5.41) is 5.30. The van der Waals surface area contributed by atoms with Gasteiger partial charge in [0.1, 0.15) is 0 Å². The number of halogens is 1. The molecule has 2 nitrogen and oxygen atoms in total. The minimum atomic E-state index is 0.517. The third-order valence-electron chi connectivity index (χ3n) is 3.58. The van der Waals surface area contributed by atoms with E-state index in [0.717, 1.165) is 26.3 Å². The topological polar surface area (TPSA) is 24.9 Å². The molecule has 0 amide bonds. The Labute approximate surface area is 110 Å². The third kappa shape index (κ3) is 2.14. The standard InChI is InChI=1S/C13H15ClN2S/c1-8(9-4-2-5-9)15-13-16-11-7-3-6-10(14)12(11)17-13/h3,6-9H,2,4-5H2,1H3,(H,15,16). The lowest BCUT2D eigenvalue weighted by atomic mass is 9.80. The zero-order chi connectivity index (χ0) is 11.8. The first-order valence-corrected chi connectivity index (χ1v) is 7.25. The fourth-order valence-electron chi connectivity index (χ4n) is 2.23. The van der Waals surface area contributed by atoms with Crippen molar-refractivity contribution in [2.75, 3.05) is 5.32 Å². The SMILES string of the molecule is CC(Nc1nc2cccc(Cl)c2s1)C1CCC1. The number of hydrogen-bond donors (Lipinski definition) is 1. The minimum absolute atomic E-state index is 0.517. The Hall–Kier alpha value is -0.800. The molecular weight excluding hydrogens is 252 g/mol. The van der Waals surface area contributed by atoms with Crippen LogP contribution in [0.25, 0.3) is 10.2 Å². The molecule has 3 rings (SSSR count). The van der Waals surface area contributed by atoms with Crippen LogP contribution in [0.5, 0.6) is 0 Å². The molecule has 0 radical (unpaired) electrons. The highest BCUT2D eigenvalue weighted by atomic mass is 35.5. The summed E-state index contributed by atoms with van der Waals surface area (Å²) in [7, 11) is 0. The van der Waals surface area contributed by atoms with E-state index >= 15 is 0 Å². The molecule has 1 unspecified atom stereocenters. The number of hydrogen-bond acceptors (Lipinski definition) is 3. The maximum atomic E-state index is 6.15. The second-order valence-corrected chi connectivity index (χ2v) is 6.14. The summed E-state index contributed by atoms with van der Waals surface area (Å²) in [6.07, 6.45) is 4.07. The van der Waals surface area contributed by atoms with E-state index in [9.17, 15) is 0 Å². The highest BCUT2D eigenvalue weighted by Crippen LogP contribution is 2.35. The van der Waals surface area contributed by atoms with E-state index in [0.29, 0.717) is 6.04 Å². The van der Waals surface area contributed by atoms with E-state index in [4.69, 9.17) is 11.6 Å². The smallest absolute Gasteiger partial charge is 0.184 e. The Morgan fingerprint density at radius 2 is 2.29 bits per heavy atom. The van der Waals surface area contributed by atoms with Gasteiger partial charge >= 0.3 is 0 Å². The number of thiazole rings is 1. The number of nitrogens with zero attached hydrogens (tertiary/aromatic N) is 1. The summed E-state index contributed by atoms with van der Waals surface area (Å²) >= 11 is 7.80. The van der Waals surface area contributed by atoms with Crippen LogP contribution in [0.1, 0.15) is 26.2 Å². The monoisotopic (exact) mass is 266 g/mol. The predicted molar refractivity (Wildman–Crippen MR) is 75.1 cm³/mol. The summed E-state index contributed by atoms with van der Waals surface area (Å²) in [6, 6.07) is 6.39. The fourth-order valence-corrected chi connectivity index (χ4v) is 3.48. The van der Waals surface area contributed by atoms with Crippen molar-refractivity contribution in [3.05, 3.63) is 23.2 Å². The first kappa shape index (κ1) is 11.3. The van der Waals surface area contributed by atoms with Crippen LogP contribution in [0.2, 0.25) is 5.02 Å². The van der Waals surface area contributed by atoms with Gasteiger partial charge in [-0.2, -0.15) is 0 Å². The Morgan fingerprint density at radius 1 is 1.47 bits per heavy atom. The zero-order valence-electron chi connectivity index (χ0n) is 9.74. The van der Waals surface area contributed by atoms with Gasteiger partial charge in [-0.25, -0.2) is 4.98 Å². The first-order valence-electron chi connectivity index (χ1n) is 6.05. The quantitative estimate of drug-likeness (QED) is 0.882. The molecule has 1 N–H and O–H groups in total. The molecule has 4 heteroatoms. The Kier molecular flexibility index (Phi) is 2.97. The van der Waals surface area contributed by atoms with Crippen molar-refractivity contribution in [2.45, 2.75) is 32.2 Å². The highest BCUT2D eigenvalue weighted by molar-refractivity contribution is 7.22. The molecule has 0 saturated heterocycles. The van der Waals surface area contributed by atoms with Gasteiger partial charge in [0.15, 0.2) is 5.13 Å². The molecule has 1 fully saturated rings. The molecule has 1 aromatic carbocycles. The number of aromatic nitrogens is 1. The molecule has 1 atom stereocenters. The van der Waals surface area contributed by atoms with Gasteiger partial charge in [0.2, 0.25) is 0 Å². The van der Waals surface area contributed by atoms with Gasteiger partial charge in [0.05, 0.1) is 15.2 Å². The van der Waals surface area contributed by atoms with Crippen LogP contribution in [0.4, 0.5) is 5.13 Å². The molecule has 17 heavy (non-hydrogen) atoms. The predicted octanol–water partition coefficient (Wildman–Crippen LogP) is 4.55. The normalized spacial score (nSPS) is 18.0. The lowest BCUT2D eigenvalue weighted by molar-refractivity contribution is 0.285. The van der Waals surface area contributed by atoms with Gasteiger partial charge in [0.25, 0.3) is 0 Å². The lowest BCUT2D eigenvalue weighted by Gasteiger charge is -2.31. The Balaban J connectivity index is 1.83. The van der Waals surface area contributed by atoms with Crippen molar-refractivity contribution >= 4 is 38.3 Å². The average Bonchev–Trinajstić information content (AvgIpc) is 2.58. The van der Waals surface area contributed by atoms with E-state index in [1.165, 1.54) is 19.3 Å². The maximum Gasteiger partial charge on any atom is 0.184 e.